The van der Waals surface area contributed by atoms with Crippen LogP contribution in [-0.2, 0) is 5.41 Å². The van der Waals surface area contributed by atoms with Gasteiger partial charge in [0.1, 0.15) is 34.5 Å². The van der Waals surface area contributed by atoms with Gasteiger partial charge in [-0.1, -0.05) is 45.0 Å². The summed E-state index contributed by atoms with van der Waals surface area (Å²) >= 11 is 0. The molecule has 0 heterocycles. The fraction of sp³-hybridized carbons (Fsp3) is 0.190. The van der Waals surface area contributed by atoms with Gasteiger partial charge in [0.25, 0.3) is 11.8 Å². The van der Waals surface area contributed by atoms with Crippen LogP contribution in [-0.4, -0.2) is 29.9 Å². The van der Waals surface area contributed by atoms with Crippen molar-refractivity contribution in [1.29, 1.82) is 0 Å². The number of amides is 2. The van der Waals surface area contributed by atoms with Gasteiger partial charge in [0.2, 0.25) is 0 Å². The van der Waals surface area contributed by atoms with Crippen molar-refractivity contribution in [3.8, 4) is 34.5 Å². The van der Waals surface area contributed by atoms with Gasteiger partial charge in [-0.15, -0.1) is 0 Å². The van der Waals surface area contributed by atoms with Crippen molar-refractivity contribution >= 4 is 30.1 Å². The van der Waals surface area contributed by atoms with Crippen molar-refractivity contribution in [3.63, 3.8) is 0 Å². The van der Waals surface area contributed by atoms with Gasteiger partial charge in [0.05, 0.1) is 11.1 Å². The third-order valence-corrected chi connectivity index (χ3v) is 7.59. The van der Waals surface area contributed by atoms with Crippen LogP contribution in [0.1, 0.15) is 88.5 Å². The Hall–Kier alpha value is -6.22. The molecule has 0 aromatic heterocycles. The zero-order valence-corrected chi connectivity index (χ0v) is 29.4. The maximum Gasteiger partial charge on any atom is 0.256 e. The van der Waals surface area contributed by atoms with Crippen LogP contribution in [0.25, 0.3) is 0 Å². The molecule has 0 spiro atoms. The monoisotopic (exact) mass is 684 g/mol. The Balaban J connectivity index is 1.30. The van der Waals surface area contributed by atoms with Crippen molar-refractivity contribution in [3.05, 3.63) is 137 Å². The molecule has 0 saturated carbocycles. The number of rotatable bonds is 11. The summed E-state index contributed by atoms with van der Waals surface area (Å²) in [5.74, 6) is 1.87. The summed E-state index contributed by atoms with van der Waals surface area (Å²) in [7, 11) is 0. The van der Waals surface area contributed by atoms with E-state index in [2.05, 4.69) is 37.5 Å². The van der Waals surface area contributed by atoms with Gasteiger partial charge >= 0.3 is 0 Å². The first kappa shape index (κ1) is 36.1. The van der Waals surface area contributed by atoms with E-state index in [1.165, 1.54) is 30.3 Å². The van der Waals surface area contributed by atoms with Gasteiger partial charge < -0.3 is 24.8 Å². The standard InChI is InChI=1S/C42H40N2O7/c1-41(2,3)29-10-7-12-31(20-29)49-33-14-9-15-34(22-33)50-32-13-8-11-30(21-32)43-39(47)37-23-35(18-16-27(37)25-45)51-36-19-17-28(26-46)38(24-36)40(48)44-42(4,5)6/h7-26H,1-6H3,(H,43,47)(H,44,48). The van der Waals surface area contributed by atoms with Gasteiger partial charge in [-0.3, -0.25) is 19.2 Å². The molecule has 51 heavy (non-hydrogen) atoms. The first-order valence-electron chi connectivity index (χ1n) is 16.4. The molecule has 0 unspecified atom stereocenters. The molecular formula is C42H40N2O7. The number of ether oxygens (including phenoxy) is 3. The quantitative estimate of drug-likeness (QED) is 0.133. The molecule has 0 bridgehead atoms. The highest BCUT2D eigenvalue weighted by atomic mass is 16.5. The van der Waals surface area contributed by atoms with E-state index in [4.69, 9.17) is 14.2 Å². The number of benzene rings is 5. The molecule has 0 aliphatic heterocycles. The lowest BCUT2D eigenvalue weighted by Gasteiger charge is -2.21. The minimum atomic E-state index is -0.547. The second kappa shape index (κ2) is 15.1. The average molecular weight is 685 g/mol. The average Bonchev–Trinajstić information content (AvgIpc) is 3.07. The zero-order chi connectivity index (χ0) is 36.8. The lowest BCUT2D eigenvalue weighted by molar-refractivity contribution is 0.0913. The maximum atomic E-state index is 13.5. The smallest absolute Gasteiger partial charge is 0.256 e. The molecule has 0 aliphatic rings. The Morgan fingerprint density at radius 1 is 0.529 bits per heavy atom. The van der Waals surface area contributed by atoms with E-state index in [1.54, 1.807) is 42.5 Å². The van der Waals surface area contributed by atoms with Crippen LogP contribution in [0.2, 0.25) is 0 Å². The summed E-state index contributed by atoms with van der Waals surface area (Å²) in [6.07, 6.45) is 1.18. The molecule has 0 aliphatic carbocycles. The summed E-state index contributed by atoms with van der Waals surface area (Å²) in [5, 5.41) is 5.66. The van der Waals surface area contributed by atoms with Crippen LogP contribution >= 0.6 is 0 Å². The van der Waals surface area contributed by atoms with Gasteiger partial charge in [0.15, 0.2) is 12.6 Å². The molecule has 5 aromatic carbocycles. The second-order valence-electron chi connectivity index (χ2n) is 14.0. The fourth-order valence-electron chi connectivity index (χ4n) is 5.08. The number of aldehydes is 2. The molecule has 9 heteroatoms. The van der Waals surface area contributed by atoms with E-state index < -0.39 is 17.4 Å². The molecule has 5 rings (SSSR count). The second-order valence-corrected chi connectivity index (χ2v) is 14.0. The van der Waals surface area contributed by atoms with Crippen molar-refractivity contribution in [2.75, 3.05) is 5.32 Å². The van der Waals surface area contributed by atoms with E-state index in [9.17, 15) is 19.2 Å². The third-order valence-electron chi connectivity index (χ3n) is 7.59. The molecule has 260 valence electrons. The largest absolute Gasteiger partial charge is 0.457 e. The molecule has 0 saturated heterocycles. The number of carbonyl (C=O) groups excluding carboxylic acids is 4. The van der Waals surface area contributed by atoms with Crippen LogP contribution in [0.5, 0.6) is 34.5 Å². The highest BCUT2D eigenvalue weighted by molar-refractivity contribution is 6.09. The van der Waals surface area contributed by atoms with E-state index in [0.717, 1.165) is 11.3 Å². The Labute approximate surface area is 297 Å². The molecular weight excluding hydrogens is 644 g/mol. The molecule has 5 aromatic rings. The van der Waals surface area contributed by atoms with Crippen LogP contribution < -0.4 is 24.8 Å². The van der Waals surface area contributed by atoms with Crippen LogP contribution in [0.4, 0.5) is 5.69 Å². The first-order chi connectivity index (χ1) is 24.2. The lowest BCUT2D eigenvalue weighted by Crippen LogP contribution is -2.40. The summed E-state index contributed by atoms with van der Waals surface area (Å²) in [6.45, 7) is 11.9. The van der Waals surface area contributed by atoms with E-state index in [0.29, 0.717) is 35.5 Å². The molecule has 0 atom stereocenters. The number of anilines is 1. The van der Waals surface area contributed by atoms with Crippen molar-refractivity contribution in [2.24, 2.45) is 0 Å². The maximum absolute atomic E-state index is 13.5. The van der Waals surface area contributed by atoms with Crippen molar-refractivity contribution in [2.45, 2.75) is 52.5 Å². The summed E-state index contributed by atoms with van der Waals surface area (Å²) in [4.78, 5) is 49.8. The fourth-order valence-corrected chi connectivity index (χ4v) is 5.08. The highest BCUT2D eigenvalue weighted by Gasteiger charge is 2.20. The topological polar surface area (TPSA) is 120 Å². The summed E-state index contributed by atoms with van der Waals surface area (Å²) < 4.78 is 18.2. The minimum Gasteiger partial charge on any atom is -0.457 e. The van der Waals surface area contributed by atoms with Crippen LogP contribution in [0.15, 0.2) is 109 Å². The van der Waals surface area contributed by atoms with Gasteiger partial charge in [-0.2, -0.15) is 0 Å². The van der Waals surface area contributed by atoms with E-state index >= 15 is 0 Å². The Morgan fingerprint density at radius 3 is 1.49 bits per heavy atom. The third kappa shape index (κ3) is 9.70. The summed E-state index contributed by atoms with van der Waals surface area (Å²) in [5.41, 5.74) is 1.63. The molecule has 0 radical (unpaired) electrons. The SMILES string of the molecule is CC(C)(C)NC(=O)c1cc(Oc2ccc(C=O)c(C(=O)Nc3cccc(Oc4cccc(Oc5cccc(C(C)(C)C)c5)c4)c3)c2)ccc1C=O. The first-order valence-corrected chi connectivity index (χ1v) is 16.4. The van der Waals surface area contributed by atoms with Gasteiger partial charge in [-0.25, -0.2) is 0 Å². The zero-order valence-electron chi connectivity index (χ0n) is 29.4. The number of hydrogen-bond donors (Lipinski definition) is 2. The normalized spacial score (nSPS) is 11.3. The van der Waals surface area contributed by atoms with Crippen molar-refractivity contribution < 1.29 is 33.4 Å². The van der Waals surface area contributed by atoms with Gasteiger partial charge in [-0.05, 0) is 105 Å². The van der Waals surface area contributed by atoms with Crippen molar-refractivity contribution in [1.82, 2.24) is 5.32 Å². The number of carbonyl (C=O) groups is 4. The Bertz CT molecular complexity index is 2090. The number of nitrogens with one attached hydrogen (secondary N) is 2. The Kier molecular flexibility index (Phi) is 10.7. The highest BCUT2D eigenvalue weighted by Crippen LogP contribution is 2.32. The molecule has 0 fully saturated rings. The minimum absolute atomic E-state index is 0.0154. The lowest BCUT2D eigenvalue weighted by atomic mass is 9.87. The molecule has 2 amide bonds. The van der Waals surface area contributed by atoms with Crippen LogP contribution in [0, 0.1) is 0 Å². The van der Waals surface area contributed by atoms with Crippen LogP contribution in [0.3, 0.4) is 0 Å². The predicted octanol–water partition coefficient (Wildman–Crippen LogP) is 9.77. The predicted molar refractivity (Wildman–Crippen MR) is 197 cm³/mol. The van der Waals surface area contributed by atoms with E-state index in [1.807, 2.05) is 51.1 Å². The molecule has 9 nitrogen and oxygen atoms in total. The number of hydrogen-bond acceptors (Lipinski definition) is 7. The molecule has 2 N–H and O–H groups in total. The Morgan fingerprint density at radius 2 is 0.980 bits per heavy atom. The van der Waals surface area contributed by atoms with E-state index in [-0.39, 0.29) is 39.2 Å². The summed E-state index contributed by atoms with van der Waals surface area (Å²) in [6, 6.07) is 31.0. The van der Waals surface area contributed by atoms with Gasteiger partial charge in [0, 0.05) is 34.5 Å².